The predicted octanol–water partition coefficient (Wildman–Crippen LogP) is 1.26. The number of hydrogen-bond donors (Lipinski definition) is 1. The van der Waals surface area contributed by atoms with Gasteiger partial charge in [-0.15, -0.1) is 0 Å². The van der Waals surface area contributed by atoms with Gasteiger partial charge in [0, 0.05) is 19.1 Å². The van der Waals surface area contributed by atoms with Gasteiger partial charge in [-0.2, -0.15) is 0 Å². The van der Waals surface area contributed by atoms with Crippen LogP contribution in [0.3, 0.4) is 0 Å². The van der Waals surface area contributed by atoms with Gasteiger partial charge in [0.2, 0.25) is 0 Å². The minimum atomic E-state index is 0.0619. The lowest BCUT2D eigenvalue weighted by Gasteiger charge is -2.37. The fourth-order valence-electron chi connectivity index (χ4n) is 2.15. The third kappa shape index (κ3) is 4.03. The second-order valence-corrected chi connectivity index (χ2v) is 5.14. The van der Waals surface area contributed by atoms with Crippen LogP contribution in [0.4, 0.5) is 5.69 Å². The number of amides is 1. The molecule has 0 bridgehead atoms. The molecule has 0 atom stereocenters. The van der Waals surface area contributed by atoms with Crippen molar-refractivity contribution in [3.8, 4) is 0 Å². The first-order valence-electron chi connectivity index (χ1n) is 7.12. The van der Waals surface area contributed by atoms with Gasteiger partial charge in [0.1, 0.15) is 0 Å². The van der Waals surface area contributed by atoms with Crippen LogP contribution in [0.5, 0.6) is 0 Å². The van der Waals surface area contributed by atoms with Crippen LogP contribution < -0.4 is 10.3 Å². The van der Waals surface area contributed by atoms with Crippen LogP contribution >= 0.6 is 0 Å². The topological polar surface area (TPSA) is 44.8 Å². The molecular formula is C15H23N3O2. The van der Waals surface area contributed by atoms with Gasteiger partial charge in [0.25, 0.3) is 5.91 Å². The summed E-state index contributed by atoms with van der Waals surface area (Å²) in [6.07, 6.45) is 0. The molecule has 1 N–H and O–H groups in total. The van der Waals surface area contributed by atoms with Crippen LogP contribution in [-0.4, -0.2) is 49.8 Å². The van der Waals surface area contributed by atoms with Gasteiger partial charge in [-0.25, -0.2) is 10.0 Å². The molecule has 1 aromatic carbocycles. The maximum absolute atomic E-state index is 12.5. The van der Waals surface area contributed by atoms with Gasteiger partial charge in [0.05, 0.1) is 25.4 Å². The molecule has 110 valence electrons. The molecule has 0 spiro atoms. The third-order valence-electron chi connectivity index (χ3n) is 3.17. The van der Waals surface area contributed by atoms with Crippen LogP contribution in [0.2, 0.25) is 0 Å². The van der Waals surface area contributed by atoms with Gasteiger partial charge >= 0.3 is 0 Å². The van der Waals surface area contributed by atoms with Crippen LogP contribution in [-0.2, 0) is 9.53 Å². The Hall–Kier alpha value is -1.43. The van der Waals surface area contributed by atoms with E-state index in [0.717, 1.165) is 18.8 Å². The van der Waals surface area contributed by atoms with Crippen molar-refractivity contribution in [3.63, 3.8) is 0 Å². The summed E-state index contributed by atoms with van der Waals surface area (Å²) in [4.78, 5) is 12.5. The zero-order valence-electron chi connectivity index (χ0n) is 12.2. The highest BCUT2D eigenvalue weighted by atomic mass is 16.5. The molecule has 1 saturated heterocycles. The summed E-state index contributed by atoms with van der Waals surface area (Å²) in [6.45, 7) is 7.21. The number of hydrogen-bond acceptors (Lipinski definition) is 4. The lowest BCUT2D eigenvalue weighted by Crippen LogP contribution is -2.54. The average Bonchev–Trinajstić information content (AvgIpc) is 2.48. The molecule has 1 heterocycles. The van der Waals surface area contributed by atoms with Crippen molar-refractivity contribution in [3.05, 3.63) is 30.3 Å². The number of para-hydroxylation sites is 1. The standard InChI is InChI=1S/C15H23N3O2/c1-13(2)16-12-15(19)18(14-6-4-3-5-7-14)17-8-10-20-11-9-17/h3-7,13,16H,8-12H2,1-2H3. The number of nitrogens with zero attached hydrogens (tertiary/aromatic N) is 2. The second kappa shape index (κ2) is 7.38. The summed E-state index contributed by atoms with van der Waals surface area (Å²) >= 11 is 0. The number of benzene rings is 1. The molecule has 0 aliphatic carbocycles. The Balaban J connectivity index is 2.13. The van der Waals surface area contributed by atoms with Crippen molar-refractivity contribution < 1.29 is 9.53 Å². The van der Waals surface area contributed by atoms with E-state index in [1.54, 1.807) is 5.01 Å². The number of ether oxygens (including phenoxy) is 1. The smallest absolute Gasteiger partial charge is 0.255 e. The van der Waals surface area contributed by atoms with Gasteiger partial charge in [-0.1, -0.05) is 32.0 Å². The van der Waals surface area contributed by atoms with Gasteiger partial charge < -0.3 is 10.1 Å². The number of nitrogens with one attached hydrogen (secondary N) is 1. The molecule has 5 nitrogen and oxygen atoms in total. The molecule has 1 fully saturated rings. The van der Waals surface area contributed by atoms with Crippen LogP contribution in [0.15, 0.2) is 30.3 Å². The number of rotatable bonds is 5. The van der Waals surface area contributed by atoms with E-state index in [4.69, 9.17) is 4.74 Å². The van der Waals surface area contributed by atoms with E-state index in [-0.39, 0.29) is 5.91 Å². The van der Waals surface area contributed by atoms with Crippen LogP contribution in [0.1, 0.15) is 13.8 Å². The largest absolute Gasteiger partial charge is 0.379 e. The highest BCUT2D eigenvalue weighted by Crippen LogP contribution is 2.17. The van der Waals surface area contributed by atoms with E-state index in [1.807, 2.05) is 44.2 Å². The fraction of sp³-hybridized carbons (Fsp3) is 0.533. The number of carbonyl (C=O) groups excluding carboxylic acids is 1. The maximum Gasteiger partial charge on any atom is 0.255 e. The Morgan fingerprint density at radius 3 is 2.55 bits per heavy atom. The van der Waals surface area contributed by atoms with E-state index < -0.39 is 0 Å². The molecule has 0 unspecified atom stereocenters. The van der Waals surface area contributed by atoms with Crippen molar-refractivity contribution in [1.29, 1.82) is 0 Å². The monoisotopic (exact) mass is 277 g/mol. The lowest BCUT2D eigenvalue weighted by molar-refractivity contribution is -0.122. The second-order valence-electron chi connectivity index (χ2n) is 5.14. The summed E-state index contributed by atoms with van der Waals surface area (Å²) in [7, 11) is 0. The zero-order chi connectivity index (χ0) is 14.4. The number of carbonyl (C=O) groups is 1. The summed E-state index contributed by atoms with van der Waals surface area (Å²) < 4.78 is 5.37. The minimum absolute atomic E-state index is 0.0619. The SMILES string of the molecule is CC(C)NCC(=O)N(c1ccccc1)N1CCOCC1. The lowest BCUT2D eigenvalue weighted by atomic mass is 10.3. The van der Waals surface area contributed by atoms with Crippen molar-refractivity contribution in [2.24, 2.45) is 0 Å². The van der Waals surface area contributed by atoms with E-state index in [2.05, 4.69) is 10.3 Å². The van der Waals surface area contributed by atoms with Gasteiger partial charge in [-0.3, -0.25) is 4.79 Å². The molecule has 5 heteroatoms. The van der Waals surface area contributed by atoms with Crippen LogP contribution in [0.25, 0.3) is 0 Å². The van der Waals surface area contributed by atoms with Gasteiger partial charge in [-0.05, 0) is 12.1 Å². The van der Waals surface area contributed by atoms with Crippen molar-refractivity contribution in [1.82, 2.24) is 10.3 Å². The molecule has 0 aromatic heterocycles. The van der Waals surface area contributed by atoms with E-state index in [1.165, 1.54) is 0 Å². The first kappa shape index (κ1) is 15.0. The van der Waals surface area contributed by atoms with Crippen molar-refractivity contribution in [2.75, 3.05) is 37.9 Å². The summed E-state index contributed by atoms with van der Waals surface area (Å²) in [5.74, 6) is 0.0619. The number of morpholine rings is 1. The Morgan fingerprint density at radius 1 is 1.30 bits per heavy atom. The minimum Gasteiger partial charge on any atom is -0.379 e. The van der Waals surface area contributed by atoms with Crippen molar-refractivity contribution >= 4 is 11.6 Å². The summed E-state index contributed by atoms with van der Waals surface area (Å²) in [6, 6.07) is 10.1. The van der Waals surface area contributed by atoms with Crippen LogP contribution in [0, 0.1) is 0 Å². The Labute approximate surface area is 120 Å². The molecule has 1 amide bonds. The summed E-state index contributed by atoms with van der Waals surface area (Å²) in [5.41, 5.74) is 0.907. The van der Waals surface area contributed by atoms with E-state index >= 15 is 0 Å². The average molecular weight is 277 g/mol. The quantitative estimate of drug-likeness (QED) is 0.880. The number of anilines is 1. The fourth-order valence-corrected chi connectivity index (χ4v) is 2.15. The summed E-state index contributed by atoms with van der Waals surface area (Å²) in [5, 5.41) is 7.02. The molecule has 1 aromatic rings. The predicted molar refractivity (Wildman–Crippen MR) is 79.5 cm³/mol. The Kier molecular flexibility index (Phi) is 5.52. The zero-order valence-corrected chi connectivity index (χ0v) is 12.2. The Bertz CT molecular complexity index is 416. The molecule has 0 saturated carbocycles. The normalized spacial score (nSPS) is 16.4. The highest BCUT2D eigenvalue weighted by molar-refractivity contribution is 5.93. The molecule has 1 aliphatic rings. The molecular weight excluding hydrogens is 254 g/mol. The highest BCUT2D eigenvalue weighted by Gasteiger charge is 2.24. The Morgan fingerprint density at radius 2 is 1.95 bits per heavy atom. The maximum atomic E-state index is 12.5. The molecule has 20 heavy (non-hydrogen) atoms. The molecule has 1 aliphatic heterocycles. The number of hydrazine groups is 1. The first-order valence-corrected chi connectivity index (χ1v) is 7.12. The molecule has 2 rings (SSSR count). The van der Waals surface area contributed by atoms with E-state index in [9.17, 15) is 4.79 Å². The third-order valence-corrected chi connectivity index (χ3v) is 3.17. The van der Waals surface area contributed by atoms with E-state index in [0.29, 0.717) is 25.8 Å². The van der Waals surface area contributed by atoms with Gasteiger partial charge in [0.15, 0.2) is 0 Å². The van der Waals surface area contributed by atoms with Crippen molar-refractivity contribution in [2.45, 2.75) is 19.9 Å². The molecule has 0 radical (unpaired) electrons. The first-order chi connectivity index (χ1) is 9.68.